The number of aliphatic hydroxyl groups is 1. The van der Waals surface area contributed by atoms with E-state index in [0.717, 1.165) is 41.9 Å². The van der Waals surface area contributed by atoms with Gasteiger partial charge >= 0.3 is 0 Å². The van der Waals surface area contributed by atoms with Gasteiger partial charge in [0.2, 0.25) is 12.7 Å². The van der Waals surface area contributed by atoms with Crippen molar-refractivity contribution in [1.82, 2.24) is 9.80 Å². The second kappa shape index (κ2) is 16.8. The highest BCUT2D eigenvalue weighted by Gasteiger charge is 2.30. The zero-order chi connectivity index (χ0) is 34.0. The van der Waals surface area contributed by atoms with Gasteiger partial charge in [-0.15, -0.1) is 0 Å². The topological polar surface area (TPSA) is 110 Å². The summed E-state index contributed by atoms with van der Waals surface area (Å²) >= 11 is 0. The minimum absolute atomic E-state index is 0.0536. The molecule has 0 spiro atoms. The van der Waals surface area contributed by atoms with E-state index in [1.807, 2.05) is 62.4 Å². The van der Waals surface area contributed by atoms with Crippen molar-refractivity contribution in [3.05, 3.63) is 83.4 Å². The maximum absolute atomic E-state index is 14.4. The number of nitrogens with one attached hydrogen (secondary N) is 1. The van der Waals surface area contributed by atoms with Crippen LogP contribution in [-0.2, 0) is 22.5 Å². The summed E-state index contributed by atoms with van der Waals surface area (Å²) < 4.78 is 23.9. The third kappa shape index (κ3) is 9.49. The third-order valence-corrected chi connectivity index (χ3v) is 8.92. The molecule has 0 unspecified atom stereocenters. The summed E-state index contributed by atoms with van der Waals surface area (Å²) in [5.74, 6) is 1.48. The molecule has 2 aliphatic rings. The number of benzene rings is 3. The number of carbonyl (C=O) groups is 2. The summed E-state index contributed by atoms with van der Waals surface area (Å²) in [4.78, 5) is 31.2. The van der Waals surface area contributed by atoms with Crippen LogP contribution in [0.2, 0.25) is 0 Å². The van der Waals surface area contributed by atoms with Crippen molar-refractivity contribution in [2.45, 2.75) is 71.2 Å². The van der Waals surface area contributed by atoms with E-state index in [1.165, 1.54) is 0 Å². The molecule has 0 radical (unpaired) electrons. The first kappa shape index (κ1) is 35.2. The van der Waals surface area contributed by atoms with Crippen LogP contribution in [0.15, 0.2) is 66.7 Å². The molecule has 0 saturated heterocycles. The fourth-order valence-electron chi connectivity index (χ4n) is 6.17. The quantitative estimate of drug-likeness (QED) is 0.309. The normalized spacial score (nSPS) is 20.8. The molecule has 3 aromatic rings. The van der Waals surface area contributed by atoms with Gasteiger partial charge in [0.15, 0.2) is 11.5 Å². The monoisotopic (exact) mass is 659 g/mol. The van der Waals surface area contributed by atoms with Crippen molar-refractivity contribution in [3.8, 4) is 17.2 Å². The van der Waals surface area contributed by atoms with Gasteiger partial charge in [-0.05, 0) is 81.6 Å². The van der Waals surface area contributed by atoms with Crippen molar-refractivity contribution in [3.63, 3.8) is 0 Å². The Hall–Kier alpha value is -4.12. The molecule has 3 aromatic carbocycles. The van der Waals surface area contributed by atoms with Gasteiger partial charge in [0.1, 0.15) is 5.75 Å². The number of aliphatic hydroxyl groups excluding tert-OH is 1. The molecule has 2 amide bonds. The van der Waals surface area contributed by atoms with Crippen LogP contribution in [0.1, 0.15) is 61.5 Å². The fraction of sp³-hybridized carbons (Fsp3) is 0.474. The summed E-state index contributed by atoms with van der Waals surface area (Å²) in [5.41, 5.74) is 2.87. The lowest BCUT2D eigenvalue weighted by Gasteiger charge is -2.36. The number of likely N-dealkylation sites (N-methyl/N-ethyl adjacent to an activating group) is 1. The number of rotatable bonds is 9. The lowest BCUT2D eigenvalue weighted by Crippen LogP contribution is -2.47. The standard InChI is InChI=1S/C38H49N3O7/c1-26-21-41(27(2)24-42)38(44)32-20-31(39-37(43)19-29-11-6-5-7-12-29)14-16-33(32)48-28(3)10-8-9-17-45-36(26)23-40(4)22-30-13-15-34-35(18-30)47-25-46-34/h5-7,11-16,18,20,26-28,36,42H,8-10,17,19,21-25H2,1-4H3,(H,39,43)/t26-,27-,28+,36+/m1/s1. The molecule has 2 N–H and O–H groups in total. The zero-order valence-electron chi connectivity index (χ0n) is 28.5. The highest BCUT2D eigenvalue weighted by atomic mass is 16.7. The number of ether oxygens (including phenoxy) is 4. The fourth-order valence-corrected chi connectivity index (χ4v) is 6.17. The Balaban J connectivity index is 1.36. The summed E-state index contributed by atoms with van der Waals surface area (Å²) in [5, 5.41) is 13.2. The Labute approximate surface area is 283 Å². The maximum atomic E-state index is 14.4. The SMILES string of the molecule is C[C@@H]1CN([C@H](C)CO)C(=O)c2cc(NC(=O)Cc3ccccc3)ccc2O[C@@H](C)CCCCO[C@H]1CN(C)Cc1ccc2c(c1)OCO2. The first-order valence-corrected chi connectivity index (χ1v) is 16.9. The molecule has 2 heterocycles. The predicted octanol–water partition coefficient (Wildman–Crippen LogP) is 5.52. The van der Waals surface area contributed by atoms with Gasteiger partial charge in [-0.3, -0.25) is 14.5 Å². The molecule has 10 nitrogen and oxygen atoms in total. The highest BCUT2D eigenvalue weighted by Crippen LogP contribution is 2.33. The largest absolute Gasteiger partial charge is 0.490 e. The minimum atomic E-state index is -0.457. The maximum Gasteiger partial charge on any atom is 0.258 e. The molecule has 4 atom stereocenters. The molecule has 0 bridgehead atoms. The second-order valence-electron chi connectivity index (χ2n) is 13.1. The lowest BCUT2D eigenvalue weighted by atomic mass is 10.0. The van der Waals surface area contributed by atoms with Crippen LogP contribution in [0.5, 0.6) is 17.2 Å². The molecular formula is C38H49N3O7. The van der Waals surface area contributed by atoms with Crippen LogP contribution in [0.4, 0.5) is 5.69 Å². The van der Waals surface area contributed by atoms with E-state index < -0.39 is 6.04 Å². The molecule has 2 aliphatic heterocycles. The average molecular weight is 660 g/mol. The van der Waals surface area contributed by atoms with Gasteiger partial charge in [-0.2, -0.15) is 0 Å². The molecule has 0 saturated carbocycles. The first-order chi connectivity index (χ1) is 23.2. The van der Waals surface area contributed by atoms with Crippen LogP contribution in [-0.4, -0.2) is 85.1 Å². The smallest absolute Gasteiger partial charge is 0.258 e. The van der Waals surface area contributed by atoms with Gasteiger partial charge in [-0.1, -0.05) is 43.3 Å². The minimum Gasteiger partial charge on any atom is -0.490 e. The van der Waals surface area contributed by atoms with Gasteiger partial charge in [0.05, 0.1) is 36.8 Å². The van der Waals surface area contributed by atoms with Gasteiger partial charge in [-0.25, -0.2) is 0 Å². The molecule has 48 heavy (non-hydrogen) atoms. The van der Waals surface area contributed by atoms with Crippen molar-refractivity contribution >= 4 is 17.5 Å². The highest BCUT2D eigenvalue weighted by molar-refractivity contribution is 6.00. The van der Waals surface area contributed by atoms with Gasteiger partial charge < -0.3 is 34.3 Å². The van der Waals surface area contributed by atoms with Crippen LogP contribution in [0.25, 0.3) is 0 Å². The van der Waals surface area contributed by atoms with Crippen LogP contribution < -0.4 is 19.5 Å². The number of carbonyl (C=O) groups excluding carboxylic acids is 2. The number of fused-ring (bicyclic) bond motifs is 2. The zero-order valence-corrected chi connectivity index (χ0v) is 28.5. The number of anilines is 1. The number of amides is 2. The van der Waals surface area contributed by atoms with Crippen molar-refractivity contribution < 1.29 is 33.6 Å². The molecule has 5 rings (SSSR count). The second-order valence-corrected chi connectivity index (χ2v) is 13.1. The predicted molar refractivity (Wildman–Crippen MR) is 185 cm³/mol. The Morgan fingerprint density at radius 3 is 2.56 bits per heavy atom. The Bertz CT molecular complexity index is 1520. The van der Waals surface area contributed by atoms with E-state index in [2.05, 4.69) is 24.2 Å². The van der Waals surface area contributed by atoms with Crippen LogP contribution in [0, 0.1) is 5.92 Å². The van der Waals surface area contributed by atoms with Gasteiger partial charge in [0, 0.05) is 37.8 Å². The lowest BCUT2D eigenvalue weighted by molar-refractivity contribution is -0.115. The van der Waals surface area contributed by atoms with Crippen LogP contribution in [0.3, 0.4) is 0 Å². The summed E-state index contributed by atoms with van der Waals surface area (Å²) in [6.45, 7) is 8.28. The number of hydrogen-bond donors (Lipinski definition) is 2. The first-order valence-electron chi connectivity index (χ1n) is 16.9. The van der Waals surface area contributed by atoms with Gasteiger partial charge in [0.25, 0.3) is 5.91 Å². The average Bonchev–Trinajstić information content (AvgIpc) is 3.54. The summed E-state index contributed by atoms with van der Waals surface area (Å²) in [6, 6.07) is 20.3. The van der Waals surface area contributed by atoms with Crippen molar-refractivity contribution in [2.24, 2.45) is 5.92 Å². The van der Waals surface area contributed by atoms with E-state index in [4.69, 9.17) is 18.9 Å². The summed E-state index contributed by atoms with van der Waals surface area (Å²) in [7, 11) is 2.06. The Kier molecular flexibility index (Phi) is 12.3. The van der Waals surface area contributed by atoms with Crippen LogP contribution >= 0.6 is 0 Å². The third-order valence-electron chi connectivity index (χ3n) is 8.92. The van der Waals surface area contributed by atoms with E-state index in [9.17, 15) is 14.7 Å². The molecule has 0 fully saturated rings. The molecule has 10 heteroatoms. The van der Waals surface area contributed by atoms with E-state index in [0.29, 0.717) is 43.2 Å². The molecule has 0 aliphatic carbocycles. The van der Waals surface area contributed by atoms with Crippen molar-refractivity contribution in [1.29, 1.82) is 0 Å². The Morgan fingerprint density at radius 1 is 1.00 bits per heavy atom. The number of nitrogens with zero attached hydrogens (tertiary/aromatic N) is 2. The van der Waals surface area contributed by atoms with E-state index >= 15 is 0 Å². The van der Waals surface area contributed by atoms with Crippen molar-refractivity contribution in [2.75, 3.05) is 45.5 Å². The molecule has 258 valence electrons. The molecule has 0 aromatic heterocycles. The van der Waals surface area contributed by atoms with E-state index in [1.54, 1.807) is 23.1 Å². The van der Waals surface area contributed by atoms with E-state index in [-0.39, 0.29) is 49.8 Å². The number of hydrogen-bond acceptors (Lipinski definition) is 8. The molecular weight excluding hydrogens is 610 g/mol. The summed E-state index contributed by atoms with van der Waals surface area (Å²) in [6.07, 6.45) is 2.52. The Morgan fingerprint density at radius 2 is 1.77 bits per heavy atom.